The number of carbonyl (C=O) groups is 2. The fraction of sp³-hybridized carbons (Fsp3) is 0.115. The van der Waals surface area contributed by atoms with Crippen LogP contribution >= 0.6 is 63.1 Å². The Labute approximate surface area is 241 Å². The lowest BCUT2D eigenvalue weighted by atomic mass is 10.1. The number of aliphatic carboxylic acids is 1. The SMILES string of the molecule is COc1cc(/C=C2\SC(=S)N(C(C(=O)O)c3ccccc3)C2=O)cc(Br)c1OCc1ccc(Cl)cc1Cl. The molecule has 37 heavy (non-hydrogen) atoms. The molecule has 3 aromatic carbocycles. The van der Waals surface area contributed by atoms with Crippen molar-refractivity contribution in [2.24, 2.45) is 0 Å². The van der Waals surface area contributed by atoms with Crippen LogP contribution in [0.3, 0.4) is 0 Å². The Hall–Kier alpha value is -2.56. The molecule has 0 saturated carbocycles. The molecule has 0 bridgehead atoms. The molecule has 11 heteroatoms. The molecule has 1 amide bonds. The van der Waals surface area contributed by atoms with Crippen molar-refractivity contribution in [3.05, 3.63) is 96.8 Å². The van der Waals surface area contributed by atoms with Gasteiger partial charge in [-0.3, -0.25) is 9.69 Å². The average molecular weight is 639 g/mol. The standard InChI is InChI=1S/C26H18BrCl2NO5S2/c1-34-20-10-14(9-18(27)23(20)35-13-16-7-8-17(28)12-19(16)29)11-21-24(31)30(26(36)37-21)22(25(32)33)15-5-3-2-4-6-15/h2-12,22H,13H2,1H3,(H,32,33)/b21-11-. The Balaban J connectivity index is 1.60. The van der Waals surface area contributed by atoms with Gasteiger partial charge >= 0.3 is 5.97 Å². The average Bonchev–Trinajstić information content (AvgIpc) is 3.12. The highest BCUT2D eigenvalue weighted by atomic mass is 79.9. The van der Waals surface area contributed by atoms with Gasteiger partial charge in [-0.15, -0.1) is 0 Å². The summed E-state index contributed by atoms with van der Waals surface area (Å²) in [7, 11) is 1.50. The van der Waals surface area contributed by atoms with Crippen LogP contribution in [-0.2, 0) is 16.2 Å². The van der Waals surface area contributed by atoms with Crippen molar-refractivity contribution in [1.29, 1.82) is 0 Å². The van der Waals surface area contributed by atoms with Gasteiger partial charge in [-0.1, -0.05) is 83.6 Å². The maximum atomic E-state index is 13.3. The van der Waals surface area contributed by atoms with E-state index in [9.17, 15) is 14.7 Å². The van der Waals surface area contributed by atoms with Gasteiger partial charge in [0.25, 0.3) is 5.91 Å². The van der Waals surface area contributed by atoms with Gasteiger partial charge < -0.3 is 14.6 Å². The fourth-order valence-corrected chi connectivity index (χ4v) is 5.99. The van der Waals surface area contributed by atoms with E-state index in [-0.39, 0.29) is 10.9 Å². The van der Waals surface area contributed by atoms with Gasteiger partial charge in [0.1, 0.15) is 10.9 Å². The summed E-state index contributed by atoms with van der Waals surface area (Å²) < 4.78 is 12.2. The van der Waals surface area contributed by atoms with E-state index in [1.165, 1.54) is 7.11 Å². The van der Waals surface area contributed by atoms with Crippen molar-refractivity contribution in [2.75, 3.05) is 7.11 Å². The molecular weight excluding hydrogens is 621 g/mol. The predicted octanol–water partition coefficient (Wildman–Crippen LogP) is 7.37. The third-order valence-electron chi connectivity index (χ3n) is 5.37. The van der Waals surface area contributed by atoms with Crippen molar-refractivity contribution in [2.45, 2.75) is 12.6 Å². The number of thiocarbonyl (C=S) groups is 1. The van der Waals surface area contributed by atoms with Gasteiger partial charge in [0, 0.05) is 15.6 Å². The van der Waals surface area contributed by atoms with Crippen LogP contribution in [0.15, 0.2) is 70.0 Å². The number of thioether (sulfide) groups is 1. The molecule has 0 spiro atoms. The molecule has 1 heterocycles. The highest BCUT2D eigenvalue weighted by Crippen LogP contribution is 2.41. The highest BCUT2D eigenvalue weighted by molar-refractivity contribution is 9.10. The molecule has 4 rings (SSSR count). The van der Waals surface area contributed by atoms with E-state index in [0.717, 1.165) is 22.2 Å². The van der Waals surface area contributed by atoms with E-state index >= 15 is 0 Å². The van der Waals surface area contributed by atoms with E-state index in [4.69, 9.17) is 44.9 Å². The lowest BCUT2D eigenvalue weighted by molar-refractivity contribution is -0.145. The Kier molecular flexibility index (Phi) is 8.82. The van der Waals surface area contributed by atoms with Crippen molar-refractivity contribution < 1.29 is 24.2 Å². The number of amides is 1. The van der Waals surface area contributed by atoms with Crippen molar-refractivity contribution in [3.63, 3.8) is 0 Å². The van der Waals surface area contributed by atoms with Crippen LogP contribution < -0.4 is 9.47 Å². The molecule has 3 aromatic rings. The van der Waals surface area contributed by atoms with Crippen LogP contribution in [0.5, 0.6) is 11.5 Å². The zero-order valence-corrected chi connectivity index (χ0v) is 23.8. The summed E-state index contributed by atoms with van der Waals surface area (Å²) in [6.45, 7) is 0.180. The van der Waals surface area contributed by atoms with Crippen molar-refractivity contribution in [3.8, 4) is 11.5 Å². The molecule has 0 aromatic heterocycles. The Morgan fingerprint density at radius 1 is 1.19 bits per heavy atom. The van der Waals surface area contributed by atoms with E-state index in [0.29, 0.717) is 42.0 Å². The minimum Gasteiger partial charge on any atom is -0.493 e. The van der Waals surface area contributed by atoms with Gasteiger partial charge in [0.15, 0.2) is 17.5 Å². The number of benzene rings is 3. The molecule has 0 radical (unpaired) electrons. The first-order valence-electron chi connectivity index (χ1n) is 10.7. The zero-order chi connectivity index (χ0) is 26.7. The first-order chi connectivity index (χ1) is 17.7. The van der Waals surface area contributed by atoms with Crippen molar-refractivity contribution >= 4 is 85.4 Å². The highest BCUT2D eigenvalue weighted by Gasteiger charge is 2.41. The van der Waals surface area contributed by atoms with Gasteiger partial charge in [-0.05, 0) is 57.4 Å². The molecular formula is C26H18BrCl2NO5S2. The van der Waals surface area contributed by atoms with E-state index < -0.39 is 17.9 Å². The monoisotopic (exact) mass is 637 g/mol. The molecule has 0 aliphatic carbocycles. The van der Waals surface area contributed by atoms with Crippen LogP contribution in [0.2, 0.25) is 10.0 Å². The van der Waals surface area contributed by atoms with Crippen LogP contribution in [0.4, 0.5) is 0 Å². The van der Waals surface area contributed by atoms with Crippen LogP contribution in [0.1, 0.15) is 22.7 Å². The summed E-state index contributed by atoms with van der Waals surface area (Å²) in [5, 5.41) is 10.9. The number of rotatable bonds is 8. The minimum atomic E-state index is -1.23. The molecule has 1 saturated heterocycles. The summed E-state index contributed by atoms with van der Waals surface area (Å²) in [5.41, 5.74) is 1.84. The van der Waals surface area contributed by atoms with E-state index in [1.807, 2.05) is 0 Å². The number of ether oxygens (including phenoxy) is 2. The smallest absolute Gasteiger partial charge is 0.331 e. The van der Waals surface area contributed by atoms with Crippen LogP contribution in [-0.4, -0.2) is 33.3 Å². The zero-order valence-electron chi connectivity index (χ0n) is 19.1. The second kappa shape index (κ2) is 11.9. The van der Waals surface area contributed by atoms with Gasteiger partial charge in [-0.25, -0.2) is 4.79 Å². The maximum absolute atomic E-state index is 13.3. The summed E-state index contributed by atoms with van der Waals surface area (Å²) >= 11 is 22.2. The minimum absolute atomic E-state index is 0.165. The third kappa shape index (κ3) is 6.13. The molecule has 1 unspecified atom stereocenters. The second-order valence-corrected chi connectivity index (χ2v) is 11.1. The predicted molar refractivity (Wildman–Crippen MR) is 153 cm³/mol. The molecule has 1 fully saturated rings. The summed E-state index contributed by atoms with van der Waals surface area (Å²) in [6, 6.07) is 15.9. The topological polar surface area (TPSA) is 76.1 Å². The molecule has 1 aliphatic rings. The van der Waals surface area contributed by atoms with Gasteiger partial charge in [-0.2, -0.15) is 0 Å². The number of hydrogen-bond acceptors (Lipinski definition) is 6. The molecule has 1 atom stereocenters. The Morgan fingerprint density at radius 3 is 2.57 bits per heavy atom. The van der Waals surface area contributed by atoms with Crippen LogP contribution in [0.25, 0.3) is 6.08 Å². The summed E-state index contributed by atoms with van der Waals surface area (Å²) in [4.78, 5) is 26.8. The maximum Gasteiger partial charge on any atom is 0.331 e. The number of hydrogen-bond donors (Lipinski definition) is 1. The first kappa shape index (κ1) is 27.5. The fourth-order valence-electron chi connectivity index (χ4n) is 3.64. The second-order valence-electron chi connectivity index (χ2n) is 7.76. The number of methoxy groups -OCH3 is 1. The molecule has 1 N–H and O–H groups in total. The molecule has 190 valence electrons. The van der Waals surface area contributed by atoms with Gasteiger partial charge in [0.05, 0.1) is 16.5 Å². The summed E-state index contributed by atoms with van der Waals surface area (Å²) in [6.07, 6.45) is 1.64. The molecule has 6 nitrogen and oxygen atoms in total. The van der Waals surface area contributed by atoms with Gasteiger partial charge in [0.2, 0.25) is 0 Å². The number of nitrogens with zero attached hydrogens (tertiary/aromatic N) is 1. The summed E-state index contributed by atoms with van der Waals surface area (Å²) in [5.74, 6) is -0.781. The number of carboxylic acids is 1. The molecule has 1 aliphatic heterocycles. The number of halogens is 3. The largest absolute Gasteiger partial charge is 0.493 e. The Bertz CT molecular complexity index is 1420. The van der Waals surface area contributed by atoms with Crippen LogP contribution in [0, 0.1) is 0 Å². The lowest BCUT2D eigenvalue weighted by Gasteiger charge is -2.23. The lowest BCUT2D eigenvalue weighted by Crippen LogP contribution is -2.37. The third-order valence-corrected chi connectivity index (χ3v) is 7.87. The van der Waals surface area contributed by atoms with E-state index in [1.54, 1.807) is 66.7 Å². The Morgan fingerprint density at radius 2 is 1.92 bits per heavy atom. The normalized spacial score (nSPS) is 15.2. The first-order valence-corrected chi connectivity index (χ1v) is 13.5. The van der Waals surface area contributed by atoms with Crippen molar-refractivity contribution in [1.82, 2.24) is 4.90 Å². The number of carboxylic acid groups (broad SMARTS) is 1. The van der Waals surface area contributed by atoms with E-state index in [2.05, 4.69) is 15.9 Å². The quantitative estimate of drug-likeness (QED) is 0.204. The number of carbonyl (C=O) groups excluding carboxylic acids is 1.